The van der Waals surface area contributed by atoms with Crippen LogP contribution in [0.25, 0.3) is 0 Å². The highest BCUT2D eigenvalue weighted by molar-refractivity contribution is 4.90. The number of aliphatic hydroxyl groups excluding tert-OH is 1. The van der Waals surface area contributed by atoms with Crippen molar-refractivity contribution in [2.75, 3.05) is 0 Å². The molecule has 0 aromatic carbocycles. The summed E-state index contributed by atoms with van der Waals surface area (Å²) in [6.07, 6.45) is 8.72. The normalized spacial score (nSPS) is 22.5. The zero-order valence-corrected chi connectivity index (χ0v) is 9.34. The van der Waals surface area contributed by atoms with Gasteiger partial charge in [-0.1, -0.05) is 45.4 Å². The van der Waals surface area contributed by atoms with Crippen molar-refractivity contribution in [1.29, 1.82) is 0 Å². The van der Waals surface area contributed by atoms with Crippen LogP contribution in [-0.2, 0) is 0 Å². The maximum Gasteiger partial charge on any atom is 0.0905 e. The minimum absolute atomic E-state index is 0.484. The Morgan fingerprint density at radius 2 is 1.79 bits per heavy atom. The lowest BCUT2D eigenvalue weighted by atomic mass is 9.91. The fourth-order valence-corrected chi connectivity index (χ4v) is 2.35. The Morgan fingerprint density at radius 1 is 1.14 bits per heavy atom. The van der Waals surface area contributed by atoms with E-state index in [-0.39, 0.29) is 0 Å². The molecule has 84 valence electrons. The number of hydrogen-bond acceptors (Lipinski definition) is 2. The van der Waals surface area contributed by atoms with Gasteiger partial charge in [0.2, 0.25) is 0 Å². The fraction of sp³-hybridized carbons (Fsp3) is 1.00. The van der Waals surface area contributed by atoms with E-state index < -0.39 is 11.7 Å². The van der Waals surface area contributed by atoms with E-state index >= 15 is 0 Å². The van der Waals surface area contributed by atoms with Gasteiger partial charge in [-0.15, -0.1) is 0 Å². The Kier molecular flexibility index (Phi) is 4.90. The molecule has 1 rings (SSSR count). The molecule has 1 aliphatic rings. The Hall–Kier alpha value is -0.0800. The number of rotatable bonds is 6. The van der Waals surface area contributed by atoms with Crippen molar-refractivity contribution in [3.8, 4) is 0 Å². The van der Waals surface area contributed by atoms with Crippen molar-refractivity contribution in [1.82, 2.24) is 0 Å². The number of hydrogen-bond donors (Lipinski definition) is 2. The molecular weight excluding hydrogens is 176 g/mol. The van der Waals surface area contributed by atoms with Gasteiger partial charge >= 0.3 is 0 Å². The van der Waals surface area contributed by atoms with Crippen molar-refractivity contribution in [2.24, 2.45) is 0 Å². The molecule has 0 spiro atoms. The van der Waals surface area contributed by atoms with E-state index in [0.29, 0.717) is 0 Å². The van der Waals surface area contributed by atoms with Gasteiger partial charge in [0.05, 0.1) is 11.7 Å². The summed E-state index contributed by atoms with van der Waals surface area (Å²) in [5.41, 5.74) is -0.744. The SMILES string of the molecule is CCCCCCC(O)C1(O)CCCC1. The Balaban J connectivity index is 2.16. The van der Waals surface area contributed by atoms with Crippen molar-refractivity contribution >= 4 is 0 Å². The van der Waals surface area contributed by atoms with E-state index in [1.165, 1.54) is 19.3 Å². The Morgan fingerprint density at radius 3 is 2.36 bits per heavy atom. The molecule has 1 unspecified atom stereocenters. The summed E-state index contributed by atoms with van der Waals surface area (Å²) in [5.74, 6) is 0. The van der Waals surface area contributed by atoms with Gasteiger partial charge in [-0.3, -0.25) is 0 Å². The van der Waals surface area contributed by atoms with E-state index in [2.05, 4.69) is 6.92 Å². The van der Waals surface area contributed by atoms with Gasteiger partial charge in [0.1, 0.15) is 0 Å². The molecule has 1 atom stereocenters. The minimum Gasteiger partial charge on any atom is -0.390 e. The molecule has 0 aromatic heterocycles. The van der Waals surface area contributed by atoms with Crippen molar-refractivity contribution in [2.45, 2.75) is 76.4 Å². The standard InChI is InChI=1S/C12H24O2/c1-2-3-4-5-8-11(13)12(14)9-6-7-10-12/h11,13-14H,2-10H2,1H3. The predicted octanol–water partition coefficient (Wildman–Crippen LogP) is 2.62. The molecule has 14 heavy (non-hydrogen) atoms. The first-order chi connectivity index (χ1) is 6.69. The van der Waals surface area contributed by atoms with Crippen LogP contribution in [0.1, 0.15) is 64.7 Å². The Bertz CT molecular complexity index is 150. The average Bonchev–Trinajstić information content (AvgIpc) is 2.61. The van der Waals surface area contributed by atoms with Crippen LogP contribution >= 0.6 is 0 Å². The molecule has 1 saturated carbocycles. The summed E-state index contributed by atoms with van der Waals surface area (Å²) < 4.78 is 0. The topological polar surface area (TPSA) is 40.5 Å². The zero-order valence-electron chi connectivity index (χ0n) is 9.34. The molecule has 1 fully saturated rings. The monoisotopic (exact) mass is 200 g/mol. The largest absolute Gasteiger partial charge is 0.390 e. The third-order valence-corrected chi connectivity index (χ3v) is 3.42. The lowest BCUT2D eigenvalue weighted by molar-refractivity contribution is -0.0736. The third-order valence-electron chi connectivity index (χ3n) is 3.42. The second kappa shape index (κ2) is 5.72. The molecule has 0 aromatic rings. The van der Waals surface area contributed by atoms with Crippen molar-refractivity contribution < 1.29 is 10.2 Å². The number of unbranched alkanes of at least 4 members (excludes halogenated alkanes) is 3. The van der Waals surface area contributed by atoms with Gasteiger partial charge in [-0.25, -0.2) is 0 Å². The molecule has 2 heteroatoms. The summed E-state index contributed by atoms with van der Waals surface area (Å²) in [5, 5.41) is 19.9. The number of aliphatic hydroxyl groups is 2. The van der Waals surface area contributed by atoms with Crippen molar-refractivity contribution in [3.05, 3.63) is 0 Å². The smallest absolute Gasteiger partial charge is 0.0905 e. The molecule has 0 heterocycles. The van der Waals surface area contributed by atoms with Crippen LogP contribution < -0.4 is 0 Å². The molecule has 2 N–H and O–H groups in total. The van der Waals surface area contributed by atoms with Crippen LogP contribution in [0, 0.1) is 0 Å². The highest BCUT2D eigenvalue weighted by Gasteiger charge is 2.37. The van der Waals surface area contributed by atoms with Gasteiger partial charge in [-0.05, 0) is 19.3 Å². The third kappa shape index (κ3) is 3.25. The van der Waals surface area contributed by atoms with Gasteiger partial charge in [0.15, 0.2) is 0 Å². The second-order valence-corrected chi connectivity index (χ2v) is 4.68. The molecular formula is C12H24O2. The van der Waals surface area contributed by atoms with Crippen LogP contribution in [0.5, 0.6) is 0 Å². The first-order valence-corrected chi connectivity index (χ1v) is 6.09. The van der Waals surface area contributed by atoms with Crippen LogP contribution in [0.2, 0.25) is 0 Å². The highest BCUT2D eigenvalue weighted by Crippen LogP contribution is 2.34. The van der Waals surface area contributed by atoms with Crippen LogP contribution in [0.3, 0.4) is 0 Å². The molecule has 0 amide bonds. The molecule has 0 bridgehead atoms. The molecule has 2 nitrogen and oxygen atoms in total. The van der Waals surface area contributed by atoms with E-state index in [9.17, 15) is 10.2 Å². The van der Waals surface area contributed by atoms with Gasteiger partial charge < -0.3 is 10.2 Å². The first-order valence-electron chi connectivity index (χ1n) is 6.09. The Labute approximate surface area is 87.3 Å². The molecule has 1 aliphatic carbocycles. The lowest BCUT2D eigenvalue weighted by Gasteiger charge is -2.28. The van der Waals surface area contributed by atoms with E-state index in [4.69, 9.17) is 0 Å². The van der Waals surface area contributed by atoms with Gasteiger partial charge in [0.25, 0.3) is 0 Å². The maximum atomic E-state index is 10.1. The molecule has 0 aliphatic heterocycles. The predicted molar refractivity (Wildman–Crippen MR) is 58.2 cm³/mol. The zero-order chi connectivity index (χ0) is 10.4. The van der Waals surface area contributed by atoms with Crippen LogP contribution in [0.4, 0.5) is 0 Å². The fourth-order valence-electron chi connectivity index (χ4n) is 2.35. The van der Waals surface area contributed by atoms with E-state index in [0.717, 1.165) is 38.5 Å². The summed E-state index contributed by atoms with van der Waals surface area (Å²) in [7, 11) is 0. The summed E-state index contributed by atoms with van der Waals surface area (Å²) >= 11 is 0. The summed E-state index contributed by atoms with van der Waals surface area (Å²) in [4.78, 5) is 0. The average molecular weight is 200 g/mol. The minimum atomic E-state index is -0.744. The molecule has 0 saturated heterocycles. The van der Waals surface area contributed by atoms with Gasteiger partial charge in [0, 0.05) is 0 Å². The van der Waals surface area contributed by atoms with E-state index in [1.54, 1.807) is 0 Å². The lowest BCUT2D eigenvalue weighted by Crippen LogP contribution is -2.39. The van der Waals surface area contributed by atoms with Crippen LogP contribution in [0.15, 0.2) is 0 Å². The van der Waals surface area contributed by atoms with Gasteiger partial charge in [-0.2, -0.15) is 0 Å². The summed E-state index contributed by atoms with van der Waals surface area (Å²) in [6.45, 7) is 2.18. The first kappa shape index (κ1) is 12.0. The molecule has 0 radical (unpaired) electrons. The van der Waals surface area contributed by atoms with Crippen LogP contribution in [-0.4, -0.2) is 21.9 Å². The maximum absolute atomic E-state index is 10.1. The van der Waals surface area contributed by atoms with E-state index in [1.807, 2.05) is 0 Å². The quantitative estimate of drug-likeness (QED) is 0.647. The highest BCUT2D eigenvalue weighted by atomic mass is 16.3. The van der Waals surface area contributed by atoms with Crippen molar-refractivity contribution in [3.63, 3.8) is 0 Å². The second-order valence-electron chi connectivity index (χ2n) is 4.68. The summed E-state index contributed by atoms with van der Waals surface area (Å²) in [6, 6.07) is 0.